The molecule has 1 unspecified atom stereocenters. The molecule has 0 spiro atoms. The third kappa shape index (κ3) is 2.94. The first-order chi connectivity index (χ1) is 9.13. The summed E-state index contributed by atoms with van der Waals surface area (Å²) in [5.41, 5.74) is 7.43. The zero-order valence-corrected chi connectivity index (χ0v) is 11.3. The largest absolute Gasteiger partial charge is 0.399 e. The second kappa shape index (κ2) is 5.57. The molecule has 0 aliphatic rings. The van der Waals surface area contributed by atoms with Crippen molar-refractivity contribution in [2.75, 3.05) is 23.7 Å². The fraction of sp³-hybridized carbons (Fsp3) is 0.333. The summed E-state index contributed by atoms with van der Waals surface area (Å²) >= 11 is 0. The minimum atomic E-state index is -0.0103. The number of anilines is 2. The molecule has 0 saturated heterocycles. The fourth-order valence-electron chi connectivity index (χ4n) is 2.07. The number of aromatic nitrogens is 1. The Kier molecular flexibility index (Phi) is 3.86. The predicted octanol–water partition coefficient (Wildman–Crippen LogP) is 2.80. The summed E-state index contributed by atoms with van der Waals surface area (Å²) in [7, 11) is 0. The molecule has 2 rings (SSSR count). The zero-order valence-electron chi connectivity index (χ0n) is 11.3. The van der Waals surface area contributed by atoms with E-state index in [0.717, 1.165) is 29.0 Å². The van der Waals surface area contributed by atoms with Crippen molar-refractivity contribution in [1.29, 1.82) is 5.26 Å². The van der Waals surface area contributed by atoms with Gasteiger partial charge in [-0.3, -0.25) is 0 Å². The molecule has 2 aromatic rings. The van der Waals surface area contributed by atoms with E-state index in [2.05, 4.69) is 22.9 Å². The highest BCUT2D eigenvalue weighted by Crippen LogP contribution is 2.20. The highest BCUT2D eigenvalue weighted by atomic mass is 15.2. The molecule has 2 N–H and O–H groups in total. The standard InChI is InChI=1S/C15H18N4/c1-3-19(10-11(2)9-16)15-7-4-12-8-13(17)5-6-14(12)18-15/h4-8,11H,3,10,17H2,1-2H3. The van der Waals surface area contributed by atoms with Crippen LogP contribution in [0.1, 0.15) is 13.8 Å². The number of nitrogen functional groups attached to an aromatic ring is 1. The molecule has 1 atom stereocenters. The van der Waals surface area contributed by atoms with Gasteiger partial charge in [-0.1, -0.05) is 0 Å². The number of nitriles is 1. The van der Waals surface area contributed by atoms with Crippen LogP contribution >= 0.6 is 0 Å². The van der Waals surface area contributed by atoms with Crippen molar-refractivity contribution in [2.45, 2.75) is 13.8 Å². The van der Waals surface area contributed by atoms with Gasteiger partial charge in [-0.25, -0.2) is 4.98 Å². The van der Waals surface area contributed by atoms with Crippen molar-refractivity contribution in [1.82, 2.24) is 4.98 Å². The summed E-state index contributed by atoms with van der Waals surface area (Å²) in [6.45, 7) is 5.52. The summed E-state index contributed by atoms with van der Waals surface area (Å²) in [5, 5.41) is 9.95. The van der Waals surface area contributed by atoms with E-state index in [-0.39, 0.29) is 5.92 Å². The molecular formula is C15H18N4. The Morgan fingerprint density at radius 1 is 1.37 bits per heavy atom. The molecule has 0 bridgehead atoms. The van der Waals surface area contributed by atoms with E-state index in [1.54, 1.807) is 0 Å². The maximum atomic E-state index is 8.92. The SMILES string of the molecule is CCN(CC(C)C#N)c1ccc2cc(N)ccc2n1. The molecule has 4 nitrogen and oxygen atoms in total. The second-order valence-corrected chi connectivity index (χ2v) is 4.69. The van der Waals surface area contributed by atoms with Crippen LogP contribution in [0.2, 0.25) is 0 Å². The molecular weight excluding hydrogens is 236 g/mol. The lowest BCUT2D eigenvalue weighted by Crippen LogP contribution is -2.28. The van der Waals surface area contributed by atoms with Gasteiger partial charge in [-0.15, -0.1) is 0 Å². The lowest BCUT2D eigenvalue weighted by atomic mass is 10.1. The maximum absolute atomic E-state index is 8.92. The minimum absolute atomic E-state index is 0.0103. The Hall–Kier alpha value is -2.28. The highest BCUT2D eigenvalue weighted by molar-refractivity contribution is 5.83. The zero-order chi connectivity index (χ0) is 13.8. The first-order valence-electron chi connectivity index (χ1n) is 6.45. The van der Waals surface area contributed by atoms with E-state index in [4.69, 9.17) is 11.0 Å². The number of hydrogen-bond acceptors (Lipinski definition) is 4. The Morgan fingerprint density at radius 3 is 2.84 bits per heavy atom. The molecule has 0 saturated carbocycles. The molecule has 0 amide bonds. The van der Waals surface area contributed by atoms with Crippen LogP contribution in [0.4, 0.5) is 11.5 Å². The van der Waals surface area contributed by atoms with Gasteiger partial charge >= 0.3 is 0 Å². The third-order valence-corrected chi connectivity index (χ3v) is 3.12. The van der Waals surface area contributed by atoms with Crippen LogP contribution in [0.3, 0.4) is 0 Å². The van der Waals surface area contributed by atoms with Gasteiger partial charge < -0.3 is 10.6 Å². The average Bonchev–Trinajstić information content (AvgIpc) is 2.43. The van der Waals surface area contributed by atoms with E-state index in [0.29, 0.717) is 6.54 Å². The van der Waals surface area contributed by atoms with Crippen LogP contribution in [-0.2, 0) is 0 Å². The summed E-state index contributed by atoms with van der Waals surface area (Å²) in [6.07, 6.45) is 0. The monoisotopic (exact) mass is 254 g/mol. The molecule has 98 valence electrons. The van der Waals surface area contributed by atoms with Gasteiger partial charge in [0.1, 0.15) is 5.82 Å². The van der Waals surface area contributed by atoms with Crippen molar-refractivity contribution < 1.29 is 0 Å². The topological polar surface area (TPSA) is 65.9 Å². The molecule has 0 fully saturated rings. The summed E-state index contributed by atoms with van der Waals surface area (Å²) in [5.74, 6) is 0.894. The lowest BCUT2D eigenvalue weighted by molar-refractivity contribution is 0.680. The van der Waals surface area contributed by atoms with Crippen molar-refractivity contribution in [3.63, 3.8) is 0 Å². The number of fused-ring (bicyclic) bond motifs is 1. The number of rotatable bonds is 4. The molecule has 19 heavy (non-hydrogen) atoms. The molecule has 1 aromatic carbocycles. The Morgan fingerprint density at radius 2 is 2.16 bits per heavy atom. The van der Waals surface area contributed by atoms with Gasteiger partial charge in [0.05, 0.1) is 17.5 Å². The lowest BCUT2D eigenvalue weighted by Gasteiger charge is -2.23. The van der Waals surface area contributed by atoms with Gasteiger partial charge in [0.25, 0.3) is 0 Å². The Bertz CT molecular complexity index is 615. The average molecular weight is 254 g/mol. The van der Waals surface area contributed by atoms with E-state index >= 15 is 0 Å². The van der Waals surface area contributed by atoms with Crippen LogP contribution < -0.4 is 10.6 Å². The number of benzene rings is 1. The molecule has 0 aliphatic carbocycles. The number of nitrogens with zero attached hydrogens (tertiary/aromatic N) is 3. The molecule has 1 heterocycles. The molecule has 4 heteroatoms. The van der Waals surface area contributed by atoms with Gasteiger partial charge in [-0.05, 0) is 44.2 Å². The third-order valence-electron chi connectivity index (χ3n) is 3.12. The minimum Gasteiger partial charge on any atom is -0.399 e. The van der Waals surface area contributed by atoms with Crippen LogP contribution in [0.15, 0.2) is 30.3 Å². The maximum Gasteiger partial charge on any atom is 0.129 e. The van der Waals surface area contributed by atoms with Crippen molar-refractivity contribution in [2.24, 2.45) is 5.92 Å². The summed E-state index contributed by atoms with van der Waals surface area (Å²) < 4.78 is 0. The normalized spacial score (nSPS) is 12.1. The van der Waals surface area contributed by atoms with Crippen LogP contribution in [0.25, 0.3) is 10.9 Å². The van der Waals surface area contributed by atoms with Gasteiger partial charge in [0, 0.05) is 24.2 Å². The van der Waals surface area contributed by atoms with Crippen LogP contribution in [0, 0.1) is 17.2 Å². The van der Waals surface area contributed by atoms with E-state index in [9.17, 15) is 0 Å². The van der Waals surface area contributed by atoms with Gasteiger partial charge in [0.2, 0.25) is 0 Å². The first-order valence-corrected chi connectivity index (χ1v) is 6.45. The Labute approximate surface area is 113 Å². The number of pyridine rings is 1. The van der Waals surface area contributed by atoms with Crippen molar-refractivity contribution >= 4 is 22.4 Å². The van der Waals surface area contributed by atoms with Crippen molar-refractivity contribution in [3.8, 4) is 6.07 Å². The quantitative estimate of drug-likeness (QED) is 0.852. The predicted molar refractivity (Wildman–Crippen MR) is 78.8 cm³/mol. The summed E-state index contributed by atoms with van der Waals surface area (Å²) in [4.78, 5) is 6.75. The van der Waals surface area contributed by atoms with Gasteiger partial charge in [-0.2, -0.15) is 5.26 Å². The number of hydrogen-bond donors (Lipinski definition) is 1. The Balaban J connectivity index is 2.33. The summed E-state index contributed by atoms with van der Waals surface area (Å²) in [6, 6.07) is 12.0. The first kappa shape index (κ1) is 13.2. The molecule has 0 aliphatic heterocycles. The molecule has 0 radical (unpaired) electrons. The number of nitrogens with two attached hydrogens (primary N) is 1. The second-order valence-electron chi connectivity index (χ2n) is 4.69. The van der Waals surface area contributed by atoms with E-state index in [1.807, 2.05) is 37.3 Å². The van der Waals surface area contributed by atoms with Crippen molar-refractivity contribution in [3.05, 3.63) is 30.3 Å². The van der Waals surface area contributed by atoms with Crippen LogP contribution in [0.5, 0.6) is 0 Å². The van der Waals surface area contributed by atoms with Gasteiger partial charge in [0.15, 0.2) is 0 Å². The highest BCUT2D eigenvalue weighted by Gasteiger charge is 2.10. The van der Waals surface area contributed by atoms with E-state index in [1.165, 1.54) is 0 Å². The smallest absolute Gasteiger partial charge is 0.129 e. The van der Waals surface area contributed by atoms with E-state index < -0.39 is 0 Å². The fourth-order valence-corrected chi connectivity index (χ4v) is 2.07. The molecule has 1 aromatic heterocycles. The van der Waals surface area contributed by atoms with Crippen LogP contribution in [-0.4, -0.2) is 18.1 Å².